The standard InChI is InChI=1S/C31H33FN8O8S/c1-36-23-14-19(3-5-21(23)40(31(36)46)22-6-7-25(42)34-30(22)45)38-10-8-37(9-11-38)15-26(43)33-18-2-4-20-17(12-18)13-24(41)29(28(20)32)39-16-27(44)35-49(39,47)48/h2-5,12-14,22,27,35,41,44H,6-11,15-16H2,1H3,(H,33,43)(H,34,42,45). The van der Waals surface area contributed by atoms with Crippen LogP contribution in [0.2, 0.25) is 0 Å². The molecule has 2 unspecified atom stereocenters. The number of imidazole rings is 1. The molecule has 3 aliphatic rings. The van der Waals surface area contributed by atoms with Gasteiger partial charge in [0.1, 0.15) is 23.7 Å². The van der Waals surface area contributed by atoms with Crippen LogP contribution in [0, 0.1) is 5.82 Å². The van der Waals surface area contributed by atoms with E-state index in [0.29, 0.717) is 47.2 Å². The summed E-state index contributed by atoms with van der Waals surface area (Å²) < 4.78 is 45.4. The van der Waals surface area contributed by atoms with Gasteiger partial charge in [-0.25, -0.2) is 13.5 Å². The number of aromatic nitrogens is 2. The Kier molecular flexibility index (Phi) is 8.05. The molecule has 5 N–H and O–H groups in total. The molecule has 7 rings (SSSR count). The van der Waals surface area contributed by atoms with Gasteiger partial charge in [0.2, 0.25) is 17.7 Å². The molecule has 0 saturated carbocycles. The number of hydrogen-bond donors (Lipinski definition) is 5. The fraction of sp³-hybridized carbons (Fsp3) is 0.355. The molecule has 18 heteroatoms. The maximum absolute atomic E-state index is 15.4. The number of nitrogens with one attached hydrogen (secondary N) is 3. The highest BCUT2D eigenvalue weighted by atomic mass is 32.2. The normalized spacial score (nSPS) is 21.4. The van der Waals surface area contributed by atoms with Crippen LogP contribution in [-0.4, -0.2) is 95.9 Å². The number of anilines is 3. The molecule has 0 radical (unpaired) electrons. The number of rotatable bonds is 6. The number of aryl methyl sites for hydroxylation is 1. The molecule has 3 saturated heterocycles. The number of phenols is 1. The Hall–Kier alpha value is -5.04. The van der Waals surface area contributed by atoms with Gasteiger partial charge in [0.05, 0.1) is 24.1 Å². The molecule has 0 spiro atoms. The molecule has 3 aromatic carbocycles. The highest BCUT2D eigenvalue weighted by Crippen LogP contribution is 2.39. The summed E-state index contributed by atoms with van der Waals surface area (Å²) in [6, 6.07) is 10.4. The largest absolute Gasteiger partial charge is 0.506 e. The molecule has 4 aromatic rings. The molecule has 49 heavy (non-hydrogen) atoms. The average molecular weight is 697 g/mol. The number of phenolic OH excluding ortho intramolecular Hbond substituents is 1. The van der Waals surface area contributed by atoms with Crippen molar-refractivity contribution in [3.8, 4) is 5.75 Å². The lowest BCUT2D eigenvalue weighted by Gasteiger charge is -2.35. The molecule has 1 aromatic heterocycles. The smallest absolute Gasteiger partial charge is 0.329 e. The maximum atomic E-state index is 15.4. The summed E-state index contributed by atoms with van der Waals surface area (Å²) in [5.41, 5.74) is 1.58. The molecule has 2 atom stereocenters. The summed E-state index contributed by atoms with van der Waals surface area (Å²) in [4.78, 5) is 54.3. The number of fused-ring (bicyclic) bond motifs is 2. The van der Waals surface area contributed by atoms with Gasteiger partial charge in [0.25, 0.3) is 0 Å². The van der Waals surface area contributed by atoms with E-state index in [1.807, 2.05) is 27.8 Å². The van der Waals surface area contributed by atoms with Crippen molar-refractivity contribution in [3.63, 3.8) is 0 Å². The first-order chi connectivity index (χ1) is 23.3. The van der Waals surface area contributed by atoms with E-state index in [0.717, 1.165) is 5.69 Å². The third-order valence-electron chi connectivity index (χ3n) is 9.18. The molecular weight excluding hydrogens is 663 g/mol. The van der Waals surface area contributed by atoms with Crippen molar-refractivity contribution in [3.05, 3.63) is 58.8 Å². The van der Waals surface area contributed by atoms with Crippen LogP contribution < -0.4 is 30.3 Å². The number of imide groups is 1. The summed E-state index contributed by atoms with van der Waals surface area (Å²) >= 11 is 0. The Morgan fingerprint density at radius 3 is 2.49 bits per heavy atom. The summed E-state index contributed by atoms with van der Waals surface area (Å²) in [5, 5.41) is 25.6. The lowest BCUT2D eigenvalue weighted by molar-refractivity contribution is -0.135. The molecule has 0 aliphatic carbocycles. The monoisotopic (exact) mass is 696 g/mol. The van der Waals surface area contributed by atoms with Crippen molar-refractivity contribution in [2.24, 2.45) is 7.05 Å². The predicted molar refractivity (Wildman–Crippen MR) is 177 cm³/mol. The molecule has 258 valence electrons. The van der Waals surface area contributed by atoms with E-state index in [1.54, 1.807) is 7.05 Å². The molecule has 4 heterocycles. The number of benzene rings is 3. The van der Waals surface area contributed by atoms with Gasteiger partial charge in [-0.2, -0.15) is 13.1 Å². The van der Waals surface area contributed by atoms with E-state index in [-0.39, 0.29) is 47.7 Å². The third-order valence-corrected chi connectivity index (χ3v) is 10.7. The minimum absolute atomic E-state index is 0.0179. The number of hydrogen-bond acceptors (Lipinski definition) is 10. The fourth-order valence-corrected chi connectivity index (χ4v) is 8.04. The van der Waals surface area contributed by atoms with Gasteiger partial charge < -0.3 is 20.4 Å². The first kappa shape index (κ1) is 32.5. The number of nitrogens with zero attached hydrogens (tertiary/aromatic N) is 5. The Morgan fingerprint density at radius 1 is 1.04 bits per heavy atom. The minimum atomic E-state index is -4.24. The first-order valence-corrected chi connectivity index (χ1v) is 17.0. The summed E-state index contributed by atoms with van der Waals surface area (Å²) in [5.74, 6) is -2.77. The Morgan fingerprint density at radius 2 is 1.80 bits per heavy atom. The van der Waals surface area contributed by atoms with Crippen molar-refractivity contribution < 1.29 is 37.4 Å². The van der Waals surface area contributed by atoms with E-state index < -0.39 is 52.2 Å². The Balaban J connectivity index is 0.993. The van der Waals surface area contributed by atoms with Crippen molar-refractivity contribution in [1.82, 2.24) is 24.1 Å². The number of halogens is 1. The molecule has 3 amide bonds. The van der Waals surface area contributed by atoms with Crippen molar-refractivity contribution >= 4 is 66.8 Å². The van der Waals surface area contributed by atoms with E-state index >= 15 is 4.39 Å². The van der Waals surface area contributed by atoms with Crippen molar-refractivity contribution in [1.29, 1.82) is 0 Å². The number of carbonyl (C=O) groups excluding carboxylic acids is 3. The first-order valence-electron chi connectivity index (χ1n) is 15.6. The van der Waals surface area contributed by atoms with Crippen LogP contribution >= 0.6 is 0 Å². The van der Waals surface area contributed by atoms with Gasteiger partial charge >= 0.3 is 15.9 Å². The molecule has 0 bridgehead atoms. The lowest BCUT2D eigenvalue weighted by atomic mass is 10.1. The summed E-state index contributed by atoms with van der Waals surface area (Å²) in [6.45, 7) is 1.98. The van der Waals surface area contributed by atoms with E-state index in [9.17, 15) is 37.8 Å². The zero-order valence-corrected chi connectivity index (χ0v) is 27.0. The third kappa shape index (κ3) is 5.85. The van der Waals surface area contributed by atoms with E-state index in [4.69, 9.17) is 0 Å². The van der Waals surface area contributed by atoms with Crippen LogP contribution in [0.3, 0.4) is 0 Å². The summed E-state index contributed by atoms with van der Waals surface area (Å²) in [7, 11) is -2.60. The number of aliphatic hydroxyl groups excluding tert-OH is 1. The number of piperidine rings is 1. The van der Waals surface area contributed by atoms with Gasteiger partial charge in [-0.05, 0) is 54.3 Å². The number of amides is 3. The van der Waals surface area contributed by atoms with Crippen molar-refractivity contribution in [2.45, 2.75) is 25.1 Å². The molecule has 3 aliphatic heterocycles. The number of piperazine rings is 1. The van der Waals surface area contributed by atoms with Crippen LogP contribution in [0.5, 0.6) is 5.75 Å². The van der Waals surface area contributed by atoms with Gasteiger partial charge in [0, 0.05) is 56.4 Å². The van der Waals surface area contributed by atoms with Crippen molar-refractivity contribution in [2.75, 3.05) is 53.8 Å². The highest BCUT2D eigenvalue weighted by Gasteiger charge is 2.38. The fourth-order valence-electron chi connectivity index (χ4n) is 6.74. The molecule has 16 nitrogen and oxygen atoms in total. The quantitative estimate of drug-likeness (QED) is 0.172. The zero-order valence-electron chi connectivity index (χ0n) is 26.2. The second kappa shape index (κ2) is 12.1. The molecular formula is C31H33FN8O8S. The van der Waals surface area contributed by atoms with Crippen LogP contribution in [0.4, 0.5) is 21.5 Å². The second-order valence-electron chi connectivity index (χ2n) is 12.3. The summed E-state index contributed by atoms with van der Waals surface area (Å²) in [6.07, 6.45) is -1.04. The van der Waals surface area contributed by atoms with E-state index in [1.165, 1.54) is 33.4 Å². The maximum Gasteiger partial charge on any atom is 0.329 e. The number of carbonyl (C=O) groups is 3. The second-order valence-corrected chi connectivity index (χ2v) is 14.0. The van der Waals surface area contributed by atoms with Gasteiger partial charge in [-0.15, -0.1) is 0 Å². The van der Waals surface area contributed by atoms with E-state index in [2.05, 4.69) is 15.5 Å². The predicted octanol–water partition coefficient (Wildman–Crippen LogP) is 0.0491. The van der Waals surface area contributed by atoms with Crippen LogP contribution in [0.25, 0.3) is 21.8 Å². The van der Waals surface area contributed by atoms with Crippen LogP contribution in [-0.2, 0) is 31.6 Å². The van der Waals surface area contributed by atoms with Gasteiger partial charge in [-0.1, -0.05) is 0 Å². The zero-order chi connectivity index (χ0) is 34.8. The molecule has 3 fully saturated rings. The van der Waals surface area contributed by atoms with Crippen LogP contribution in [0.15, 0.2) is 47.3 Å². The van der Waals surface area contributed by atoms with Gasteiger partial charge in [0.15, 0.2) is 5.82 Å². The Labute approximate surface area is 278 Å². The van der Waals surface area contributed by atoms with Gasteiger partial charge in [-0.3, -0.25) is 33.7 Å². The highest BCUT2D eigenvalue weighted by molar-refractivity contribution is 7.91. The Bertz CT molecular complexity index is 2210. The topological polar surface area (TPSA) is 199 Å². The lowest BCUT2D eigenvalue weighted by Crippen LogP contribution is -2.48. The SMILES string of the molecule is Cn1c(=O)n(C2CCC(=O)NC2=O)c2ccc(N3CCN(CC(=O)Nc4ccc5c(F)c(N6CC(O)NS6(=O)=O)c(O)cc5c4)CC3)cc21. The van der Waals surface area contributed by atoms with Crippen LogP contribution in [0.1, 0.15) is 18.9 Å². The number of aliphatic hydroxyl groups is 1. The number of aromatic hydroxyl groups is 1. The average Bonchev–Trinajstić information content (AvgIpc) is 3.46. The number of β-amino-alcohol motifs (C(OH)–C–C–N with tert-alkyl or cyclic N) is 1. The minimum Gasteiger partial charge on any atom is -0.506 e.